The minimum absolute atomic E-state index is 0.0766. The maximum Gasteiger partial charge on any atom is 0.236 e. The van der Waals surface area contributed by atoms with Gasteiger partial charge in [-0.3, -0.25) is 9.69 Å². The Bertz CT molecular complexity index is 631. The summed E-state index contributed by atoms with van der Waals surface area (Å²) >= 11 is 1.56. The molecule has 2 aromatic heterocycles. The van der Waals surface area contributed by atoms with Gasteiger partial charge in [0.05, 0.1) is 23.1 Å². The van der Waals surface area contributed by atoms with Crippen molar-refractivity contribution in [2.45, 2.75) is 19.4 Å². The zero-order valence-electron chi connectivity index (χ0n) is 13.1. The molecule has 124 valence electrons. The summed E-state index contributed by atoms with van der Waals surface area (Å²) in [5, 5.41) is 11.4. The predicted octanol–water partition coefficient (Wildman–Crippen LogP) is 1.47. The van der Waals surface area contributed by atoms with Gasteiger partial charge < -0.3 is 14.4 Å². The molecule has 1 amide bonds. The van der Waals surface area contributed by atoms with Crippen LogP contribution in [-0.2, 0) is 11.2 Å². The van der Waals surface area contributed by atoms with E-state index in [1.807, 2.05) is 22.4 Å². The van der Waals surface area contributed by atoms with Gasteiger partial charge in [-0.05, 0) is 18.4 Å². The first kappa shape index (κ1) is 16.2. The fourth-order valence-electron chi connectivity index (χ4n) is 2.72. The molecule has 0 spiro atoms. The molecule has 2 aromatic rings. The highest BCUT2D eigenvalue weighted by molar-refractivity contribution is 7.13. The standard InChI is InChI=1S/C16H21N3O3S/c1-12(20)10-18-4-6-19(7-5-18)15(21)9-13-11-22-16(17-13)14-3-2-8-23-14/h2-3,8,11-12,20H,4-7,9-10H2,1H3/t12-/m1/s1. The van der Waals surface area contributed by atoms with Crippen LogP contribution >= 0.6 is 11.3 Å². The van der Waals surface area contributed by atoms with Gasteiger partial charge >= 0.3 is 0 Å². The van der Waals surface area contributed by atoms with Gasteiger partial charge in [-0.25, -0.2) is 4.98 Å². The molecule has 0 unspecified atom stereocenters. The number of hydrogen-bond donors (Lipinski definition) is 1. The number of amides is 1. The summed E-state index contributed by atoms with van der Waals surface area (Å²) in [6, 6.07) is 3.89. The van der Waals surface area contributed by atoms with Crippen LogP contribution in [0.1, 0.15) is 12.6 Å². The lowest BCUT2D eigenvalue weighted by Crippen LogP contribution is -2.50. The van der Waals surface area contributed by atoms with Crippen molar-refractivity contribution < 1.29 is 14.3 Å². The summed E-state index contributed by atoms with van der Waals surface area (Å²) < 4.78 is 5.45. The molecule has 7 heteroatoms. The number of carbonyl (C=O) groups is 1. The second kappa shape index (κ2) is 7.25. The molecule has 0 saturated carbocycles. The molecule has 1 fully saturated rings. The zero-order chi connectivity index (χ0) is 16.2. The van der Waals surface area contributed by atoms with Crippen LogP contribution in [0, 0.1) is 0 Å². The molecule has 6 nitrogen and oxygen atoms in total. The van der Waals surface area contributed by atoms with Crippen molar-refractivity contribution in [1.82, 2.24) is 14.8 Å². The molecule has 1 aliphatic heterocycles. The van der Waals surface area contributed by atoms with Gasteiger partial charge in [-0.15, -0.1) is 11.3 Å². The molecule has 0 aliphatic carbocycles. The highest BCUT2D eigenvalue weighted by Crippen LogP contribution is 2.23. The summed E-state index contributed by atoms with van der Waals surface area (Å²) in [6.07, 6.45) is 1.50. The first-order chi connectivity index (χ1) is 11.1. The number of rotatable bonds is 5. The third kappa shape index (κ3) is 4.19. The third-order valence-corrected chi connectivity index (χ3v) is 4.72. The van der Waals surface area contributed by atoms with E-state index in [1.54, 1.807) is 24.5 Å². The number of β-amino-alcohol motifs (C(OH)–C–C–N with tert-alkyl or cyclic N) is 1. The molecule has 1 N–H and O–H groups in total. The fourth-order valence-corrected chi connectivity index (χ4v) is 3.38. The van der Waals surface area contributed by atoms with Crippen LogP contribution in [0.15, 0.2) is 28.2 Å². The maximum atomic E-state index is 12.4. The maximum absolute atomic E-state index is 12.4. The molecule has 0 bridgehead atoms. The van der Waals surface area contributed by atoms with Crippen molar-refractivity contribution in [3.05, 3.63) is 29.5 Å². The summed E-state index contributed by atoms with van der Waals surface area (Å²) in [5.41, 5.74) is 0.671. The number of aliphatic hydroxyl groups is 1. The molecule has 23 heavy (non-hydrogen) atoms. The second-order valence-electron chi connectivity index (χ2n) is 5.83. The highest BCUT2D eigenvalue weighted by Gasteiger charge is 2.22. The Morgan fingerprint density at radius 2 is 2.22 bits per heavy atom. The van der Waals surface area contributed by atoms with E-state index >= 15 is 0 Å². The number of carbonyl (C=O) groups excluding carboxylic acids is 1. The summed E-state index contributed by atoms with van der Waals surface area (Å²) in [6.45, 7) is 5.44. The molecular formula is C16H21N3O3S. The van der Waals surface area contributed by atoms with Crippen LogP contribution in [0.3, 0.4) is 0 Å². The van der Waals surface area contributed by atoms with Crippen molar-refractivity contribution in [2.24, 2.45) is 0 Å². The number of piperazine rings is 1. The average Bonchev–Trinajstić information content (AvgIpc) is 3.18. The molecule has 0 radical (unpaired) electrons. The van der Waals surface area contributed by atoms with Gasteiger partial charge in [-0.1, -0.05) is 6.07 Å². The van der Waals surface area contributed by atoms with Crippen LogP contribution in [0.4, 0.5) is 0 Å². The van der Waals surface area contributed by atoms with Crippen LogP contribution in [0.25, 0.3) is 10.8 Å². The highest BCUT2D eigenvalue weighted by atomic mass is 32.1. The quantitative estimate of drug-likeness (QED) is 0.896. The Morgan fingerprint density at radius 1 is 1.43 bits per heavy atom. The predicted molar refractivity (Wildman–Crippen MR) is 88.2 cm³/mol. The van der Waals surface area contributed by atoms with E-state index < -0.39 is 0 Å². The fraction of sp³-hybridized carbons (Fsp3) is 0.500. The third-order valence-electron chi connectivity index (χ3n) is 3.86. The number of nitrogens with zero attached hydrogens (tertiary/aromatic N) is 3. The normalized spacial score (nSPS) is 17.4. The Morgan fingerprint density at radius 3 is 2.87 bits per heavy atom. The van der Waals surface area contributed by atoms with E-state index in [9.17, 15) is 9.90 Å². The van der Waals surface area contributed by atoms with Gasteiger partial charge in [0.25, 0.3) is 0 Å². The van der Waals surface area contributed by atoms with Crippen LogP contribution in [0.5, 0.6) is 0 Å². The van der Waals surface area contributed by atoms with Crippen LogP contribution in [-0.4, -0.2) is 64.6 Å². The Labute approximate surface area is 139 Å². The van der Waals surface area contributed by atoms with Crippen LogP contribution < -0.4 is 0 Å². The van der Waals surface area contributed by atoms with Crippen molar-refractivity contribution in [3.63, 3.8) is 0 Å². The topological polar surface area (TPSA) is 69.8 Å². The Balaban J connectivity index is 1.52. The van der Waals surface area contributed by atoms with E-state index in [1.165, 1.54) is 0 Å². The summed E-state index contributed by atoms with van der Waals surface area (Å²) in [7, 11) is 0. The van der Waals surface area contributed by atoms with E-state index in [0.29, 0.717) is 31.2 Å². The number of aromatic nitrogens is 1. The molecule has 3 rings (SSSR count). The van der Waals surface area contributed by atoms with Crippen molar-refractivity contribution in [1.29, 1.82) is 0 Å². The van der Waals surface area contributed by atoms with Gasteiger partial charge in [0.1, 0.15) is 6.26 Å². The van der Waals surface area contributed by atoms with Gasteiger partial charge in [-0.2, -0.15) is 0 Å². The van der Waals surface area contributed by atoms with Gasteiger partial charge in [0.15, 0.2) is 0 Å². The van der Waals surface area contributed by atoms with E-state index in [-0.39, 0.29) is 18.4 Å². The SMILES string of the molecule is C[C@@H](O)CN1CCN(C(=O)Cc2coc(-c3cccs3)n2)CC1. The summed E-state index contributed by atoms with van der Waals surface area (Å²) in [5.74, 6) is 0.650. The average molecular weight is 335 g/mol. The largest absolute Gasteiger partial charge is 0.444 e. The first-order valence-electron chi connectivity index (χ1n) is 7.78. The molecule has 3 heterocycles. The second-order valence-corrected chi connectivity index (χ2v) is 6.78. The molecule has 0 aromatic carbocycles. The minimum atomic E-state index is -0.331. The number of thiophene rings is 1. The first-order valence-corrected chi connectivity index (χ1v) is 8.66. The van der Waals surface area contributed by atoms with Gasteiger partial charge in [0, 0.05) is 32.7 Å². The molecule has 1 saturated heterocycles. The Kier molecular flexibility index (Phi) is 5.09. The van der Waals surface area contributed by atoms with E-state index in [0.717, 1.165) is 18.0 Å². The lowest BCUT2D eigenvalue weighted by molar-refractivity contribution is -0.132. The Hall–Kier alpha value is -1.70. The van der Waals surface area contributed by atoms with E-state index in [4.69, 9.17) is 4.42 Å². The summed E-state index contributed by atoms with van der Waals surface area (Å²) in [4.78, 5) is 21.8. The number of oxazole rings is 1. The van der Waals surface area contributed by atoms with E-state index in [2.05, 4.69) is 9.88 Å². The molecule has 1 atom stereocenters. The number of hydrogen-bond acceptors (Lipinski definition) is 6. The monoisotopic (exact) mass is 335 g/mol. The number of aliphatic hydroxyl groups excluding tert-OH is 1. The lowest BCUT2D eigenvalue weighted by Gasteiger charge is -2.35. The zero-order valence-corrected chi connectivity index (χ0v) is 14.0. The van der Waals surface area contributed by atoms with Crippen molar-refractivity contribution >= 4 is 17.2 Å². The van der Waals surface area contributed by atoms with Crippen molar-refractivity contribution in [3.8, 4) is 10.8 Å². The lowest BCUT2D eigenvalue weighted by atomic mass is 10.2. The minimum Gasteiger partial charge on any atom is -0.444 e. The molecular weight excluding hydrogens is 314 g/mol. The van der Waals surface area contributed by atoms with Gasteiger partial charge in [0.2, 0.25) is 11.8 Å². The smallest absolute Gasteiger partial charge is 0.236 e. The molecule has 1 aliphatic rings. The van der Waals surface area contributed by atoms with Crippen LogP contribution in [0.2, 0.25) is 0 Å². The van der Waals surface area contributed by atoms with Crippen molar-refractivity contribution in [2.75, 3.05) is 32.7 Å².